The molecule has 26 heavy (non-hydrogen) atoms. The lowest BCUT2D eigenvalue weighted by molar-refractivity contribution is 0.180. The summed E-state index contributed by atoms with van der Waals surface area (Å²) in [6.07, 6.45) is 1.07. The smallest absolute Gasteiger partial charge is 0.258 e. The molecule has 6 nitrogen and oxygen atoms in total. The predicted octanol–water partition coefficient (Wildman–Crippen LogP) is 3.65. The molecule has 0 aliphatic heterocycles. The lowest BCUT2D eigenvalue weighted by atomic mass is 10.0. The highest BCUT2D eigenvalue weighted by atomic mass is 16.5. The Morgan fingerprint density at radius 3 is 3.04 bits per heavy atom. The SMILES string of the molecule is CCOc1ccc(-c2nc(-c3cccc4c3CC[C@@H]4O)no2)cc1C#N. The highest BCUT2D eigenvalue weighted by molar-refractivity contribution is 5.67. The van der Waals surface area contributed by atoms with Gasteiger partial charge in [0.15, 0.2) is 0 Å². The first-order chi connectivity index (χ1) is 12.7. The molecule has 6 heteroatoms. The molecular weight excluding hydrogens is 330 g/mol. The summed E-state index contributed by atoms with van der Waals surface area (Å²) in [6, 6.07) is 13.1. The molecule has 2 aromatic carbocycles. The van der Waals surface area contributed by atoms with Gasteiger partial charge in [0.05, 0.1) is 18.3 Å². The molecule has 3 aromatic rings. The fraction of sp³-hybridized carbons (Fsp3) is 0.250. The van der Waals surface area contributed by atoms with Gasteiger partial charge in [0, 0.05) is 11.1 Å². The Bertz CT molecular complexity index is 1000. The summed E-state index contributed by atoms with van der Waals surface area (Å²) in [5.41, 5.74) is 3.96. The van der Waals surface area contributed by atoms with Crippen LogP contribution in [0.5, 0.6) is 5.75 Å². The molecule has 0 unspecified atom stereocenters. The number of benzene rings is 2. The van der Waals surface area contributed by atoms with Crippen LogP contribution in [-0.4, -0.2) is 21.9 Å². The number of hydrogen-bond donors (Lipinski definition) is 1. The van der Waals surface area contributed by atoms with E-state index in [9.17, 15) is 10.4 Å². The summed E-state index contributed by atoms with van der Waals surface area (Å²) in [4.78, 5) is 4.49. The largest absolute Gasteiger partial charge is 0.492 e. The van der Waals surface area contributed by atoms with Gasteiger partial charge in [-0.1, -0.05) is 23.4 Å². The maximum Gasteiger partial charge on any atom is 0.258 e. The molecule has 130 valence electrons. The number of ether oxygens (including phenoxy) is 1. The van der Waals surface area contributed by atoms with Gasteiger partial charge in [0.2, 0.25) is 5.82 Å². The molecule has 0 radical (unpaired) electrons. The molecule has 0 fully saturated rings. The molecule has 4 rings (SSSR count). The normalized spacial score (nSPS) is 15.5. The van der Waals surface area contributed by atoms with Crippen molar-refractivity contribution in [2.45, 2.75) is 25.9 Å². The van der Waals surface area contributed by atoms with Gasteiger partial charge in [-0.05, 0) is 49.1 Å². The van der Waals surface area contributed by atoms with E-state index in [1.165, 1.54) is 0 Å². The summed E-state index contributed by atoms with van der Waals surface area (Å²) in [6.45, 7) is 2.36. The van der Waals surface area contributed by atoms with Crippen LogP contribution in [0.3, 0.4) is 0 Å². The van der Waals surface area contributed by atoms with Crippen LogP contribution < -0.4 is 4.74 Å². The second kappa shape index (κ2) is 6.62. The summed E-state index contributed by atoms with van der Waals surface area (Å²) in [5.74, 6) is 1.36. The van der Waals surface area contributed by atoms with E-state index < -0.39 is 6.10 Å². The van der Waals surface area contributed by atoms with Crippen molar-refractivity contribution in [3.05, 3.63) is 53.1 Å². The number of aromatic nitrogens is 2. The van der Waals surface area contributed by atoms with E-state index in [0.29, 0.717) is 41.6 Å². The minimum absolute atomic E-state index is 0.343. The fourth-order valence-electron chi connectivity index (χ4n) is 3.32. The summed E-state index contributed by atoms with van der Waals surface area (Å²) >= 11 is 0. The zero-order valence-corrected chi connectivity index (χ0v) is 14.3. The van der Waals surface area contributed by atoms with Gasteiger partial charge < -0.3 is 14.4 Å². The van der Waals surface area contributed by atoms with Crippen molar-refractivity contribution in [3.63, 3.8) is 0 Å². The van der Waals surface area contributed by atoms with Gasteiger partial charge in [-0.25, -0.2) is 0 Å². The first-order valence-corrected chi connectivity index (χ1v) is 8.52. The van der Waals surface area contributed by atoms with Gasteiger partial charge in [0.1, 0.15) is 11.8 Å². The lowest BCUT2D eigenvalue weighted by Crippen LogP contribution is -1.94. The van der Waals surface area contributed by atoms with Crippen LogP contribution >= 0.6 is 0 Å². The maximum absolute atomic E-state index is 10.1. The van der Waals surface area contributed by atoms with Crippen molar-refractivity contribution in [2.24, 2.45) is 0 Å². The Morgan fingerprint density at radius 2 is 2.23 bits per heavy atom. The zero-order valence-electron chi connectivity index (χ0n) is 14.3. The quantitative estimate of drug-likeness (QED) is 0.774. The first-order valence-electron chi connectivity index (χ1n) is 8.52. The molecule has 1 aliphatic carbocycles. The Morgan fingerprint density at radius 1 is 1.35 bits per heavy atom. The van der Waals surface area contributed by atoms with E-state index in [-0.39, 0.29) is 0 Å². The van der Waals surface area contributed by atoms with Gasteiger partial charge >= 0.3 is 0 Å². The van der Waals surface area contributed by atoms with Crippen molar-refractivity contribution in [1.29, 1.82) is 5.26 Å². The molecule has 1 heterocycles. The van der Waals surface area contributed by atoms with Crippen LogP contribution in [-0.2, 0) is 6.42 Å². The third-order valence-electron chi connectivity index (χ3n) is 4.55. The van der Waals surface area contributed by atoms with Crippen LogP contribution in [0, 0.1) is 11.3 Å². The van der Waals surface area contributed by atoms with Gasteiger partial charge in [-0.3, -0.25) is 0 Å². The van der Waals surface area contributed by atoms with E-state index in [1.54, 1.807) is 18.2 Å². The van der Waals surface area contributed by atoms with Gasteiger partial charge in [-0.15, -0.1) is 0 Å². The van der Waals surface area contributed by atoms with Gasteiger partial charge in [0.25, 0.3) is 5.89 Å². The molecule has 0 spiro atoms. The number of hydrogen-bond acceptors (Lipinski definition) is 6. The Hall–Kier alpha value is -3.17. The summed E-state index contributed by atoms with van der Waals surface area (Å²) in [5, 5.41) is 23.5. The lowest BCUT2D eigenvalue weighted by Gasteiger charge is -2.06. The second-order valence-corrected chi connectivity index (χ2v) is 6.11. The van der Waals surface area contributed by atoms with Crippen LogP contribution in [0.2, 0.25) is 0 Å². The third kappa shape index (κ3) is 2.72. The number of rotatable bonds is 4. The van der Waals surface area contributed by atoms with Crippen molar-refractivity contribution < 1.29 is 14.4 Å². The molecule has 0 bridgehead atoms. The summed E-state index contributed by atoms with van der Waals surface area (Å²) < 4.78 is 10.9. The van der Waals surface area contributed by atoms with Crippen LogP contribution in [0.25, 0.3) is 22.8 Å². The number of nitriles is 1. The second-order valence-electron chi connectivity index (χ2n) is 6.11. The third-order valence-corrected chi connectivity index (χ3v) is 4.55. The number of fused-ring (bicyclic) bond motifs is 1. The predicted molar refractivity (Wildman–Crippen MR) is 94.3 cm³/mol. The standard InChI is InChI=1S/C20H17N3O3/c1-2-25-18-9-6-12(10-13(18)11-21)20-22-19(23-26-20)16-5-3-4-15-14(16)7-8-17(15)24/h3-6,9-10,17,24H,2,7-8H2,1H3/t17-/m0/s1. The van der Waals surface area contributed by atoms with E-state index in [2.05, 4.69) is 16.2 Å². The molecule has 0 saturated heterocycles. The zero-order chi connectivity index (χ0) is 18.1. The fourth-order valence-corrected chi connectivity index (χ4v) is 3.32. The average Bonchev–Trinajstić information content (AvgIpc) is 3.30. The Kier molecular flexibility index (Phi) is 4.15. The molecule has 1 aromatic heterocycles. The first kappa shape index (κ1) is 16.3. The number of aliphatic hydroxyl groups is 1. The highest BCUT2D eigenvalue weighted by Gasteiger charge is 2.25. The molecule has 0 amide bonds. The maximum atomic E-state index is 10.1. The molecule has 1 aliphatic rings. The van der Waals surface area contributed by atoms with Crippen molar-refractivity contribution >= 4 is 0 Å². The van der Waals surface area contributed by atoms with E-state index in [4.69, 9.17) is 9.26 Å². The van der Waals surface area contributed by atoms with Crippen LogP contribution in [0.15, 0.2) is 40.9 Å². The Labute approximate surface area is 150 Å². The monoisotopic (exact) mass is 347 g/mol. The number of nitrogens with zero attached hydrogens (tertiary/aromatic N) is 3. The Balaban J connectivity index is 1.71. The molecule has 1 atom stereocenters. The van der Waals surface area contributed by atoms with Crippen molar-refractivity contribution in [1.82, 2.24) is 10.1 Å². The van der Waals surface area contributed by atoms with Crippen LogP contribution in [0.1, 0.15) is 36.1 Å². The highest BCUT2D eigenvalue weighted by Crippen LogP contribution is 2.37. The number of aliphatic hydroxyl groups excluding tert-OH is 1. The van der Waals surface area contributed by atoms with E-state index in [1.807, 2.05) is 25.1 Å². The van der Waals surface area contributed by atoms with E-state index >= 15 is 0 Å². The van der Waals surface area contributed by atoms with Crippen molar-refractivity contribution in [2.75, 3.05) is 6.61 Å². The molecular formula is C20H17N3O3. The average molecular weight is 347 g/mol. The summed E-state index contributed by atoms with van der Waals surface area (Å²) in [7, 11) is 0. The van der Waals surface area contributed by atoms with E-state index in [0.717, 1.165) is 23.1 Å². The minimum atomic E-state index is -0.430. The minimum Gasteiger partial charge on any atom is -0.492 e. The van der Waals surface area contributed by atoms with Gasteiger partial charge in [-0.2, -0.15) is 10.2 Å². The topological polar surface area (TPSA) is 92.2 Å². The molecule has 1 N–H and O–H groups in total. The molecule has 0 saturated carbocycles. The van der Waals surface area contributed by atoms with Crippen LogP contribution in [0.4, 0.5) is 0 Å². The van der Waals surface area contributed by atoms with Crippen molar-refractivity contribution in [3.8, 4) is 34.7 Å².